The van der Waals surface area contributed by atoms with Crippen molar-refractivity contribution in [1.29, 1.82) is 5.41 Å². The highest BCUT2D eigenvalue weighted by Crippen LogP contribution is 2.35. The second kappa shape index (κ2) is 10.9. The van der Waals surface area contributed by atoms with Crippen molar-refractivity contribution in [3.8, 4) is 5.75 Å². The maximum atomic E-state index is 12.2. The van der Waals surface area contributed by atoms with Gasteiger partial charge >= 0.3 is 5.97 Å². The highest BCUT2D eigenvalue weighted by Gasteiger charge is 2.42. The molecule has 33 heavy (non-hydrogen) atoms. The first-order valence-corrected chi connectivity index (χ1v) is 10.6. The summed E-state index contributed by atoms with van der Waals surface area (Å²) in [6, 6.07) is 9.89. The number of halogens is 2. The lowest BCUT2D eigenvalue weighted by atomic mass is 9.79. The van der Waals surface area contributed by atoms with Crippen LogP contribution in [0.1, 0.15) is 29.7 Å². The molecule has 0 unspecified atom stereocenters. The fourth-order valence-electron chi connectivity index (χ4n) is 4.39. The molecule has 0 aliphatic carbocycles. The van der Waals surface area contributed by atoms with Crippen LogP contribution in [0, 0.1) is 17.7 Å². The van der Waals surface area contributed by atoms with Gasteiger partial charge in [0.1, 0.15) is 17.8 Å². The van der Waals surface area contributed by atoms with Crippen LogP contribution in [0.15, 0.2) is 36.5 Å². The van der Waals surface area contributed by atoms with Crippen molar-refractivity contribution in [3.63, 3.8) is 0 Å². The van der Waals surface area contributed by atoms with Gasteiger partial charge in [0.05, 0.1) is 0 Å². The molecule has 0 atom stereocenters. The number of guanidine groups is 1. The Morgan fingerprint density at radius 1 is 1.18 bits per heavy atom. The first-order valence-electron chi connectivity index (χ1n) is 10.6. The van der Waals surface area contributed by atoms with E-state index in [2.05, 4.69) is 9.88 Å². The SMILES string of the molecule is Cc1cc(N2CCC(COc3ccc4c(c3)CN(C(=N)N)CC4)(C(=O)O)CC2)ccn1.Cl.Cl. The fourth-order valence-corrected chi connectivity index (χ4v) is 4.39. The number of aliphatic carboxylic acids is 1. The summed E-state index contributed by atoms with van der Waals surface area (Å²) in [6.45, 7) is 4.73. The van der Waals surface area contributed by atoms with Gasteiger partial charge in [0.15, 0.2) is 5.96 Å². The second-order valence-corrected chi connectivity index (χ2v) is 8.50. The minimum absolute atomic E-state index is 0. The number of piperidine rings is 1. The number of pyridine rings is 1. The minimum atomic E-state index is -0.903. The molecule has 180 valence electrons. The lowest BCUT2D eigenvalue weighted by molar-refractivity contribution is -0.152. The summed E-state index contributed by atoms with van der Waals surface area (Å²) in [6.07, 6.45) is 3.66. The quantitative estimate of drug-likeness (QED) is 0.430. The van der Waals surface area contributed by atoms with Gasteiger partial charge in [-0.3, -0.25) is 15.2 Å². The molecule has 2 aliphatic heterocycles. The third kappa shape index (κ3) is 5.81. The molecule has 0 spiro atoms. The van der Waals surface area contributed by atoms with Crippen molar-refractivity contribution < 1.29 is 14.6 Å². The average Bonchev–Trinajstić information content (AvgIpc) is 2.77. The average molecular weight is 496 g/mol. The van der Waals surface area contributed by atoms with Crippen LogP contribution in [-0.4, -0.2) is 53.2 Å². The Balaban J connectivity index is 0.00000193. The van der Waals surface area contributed by atoms with E-state index in [1.165, 1.54) is 5.56 Å². The van der Waals surface area contributed by atoms with E-state index in [1.54, 1.807) is 6.20 Å². The second-order valence-electron chi connectivity index (χ2n) is 8.50. The largest absolute Gasteiger partial charge is 0.492 e. The summed E-state index contributed by atoms with van der Waals surface area (Å²) in [5.41, 5.74) is 9.06. The molecular weight excluding hydrogens is 465 g/mol. The zero-order valence-electron chi connectivity index (χ0n) is 18.6. The highest BCUT2D eigenvalue weighted by molar-refractivity contribution is 5.85. The van der Waals surface area contributed by atoms with E-state index in [4.69, 9.17) is 15.9 Å². The number of benzene rings is 1. The predicted molar refractivity (Wildman–Crippen MR) is 133 cm³/mol. The van der Waals surface area contributed by atoms with Gasteiger partial charge in [-0.05, 0) is 61.6 Å². The Hall–Kier alpha value is -2.71. The molecule has 4 rings (SSSR count). The Morgan fingerprint density at radius 2 is 1.91 bits per heavy atom. The number of fused-ring (bicyclic) bond motifs is 1. The number of carboxylic acids is 1. The number of anilines is 1. The van der Waals surface area contributed by atoms with Crippen LogP contribution in [0.4, 0.5) is 5.69 Å². The molecule has 2 aromatic rings. The van der Waals surface area contributed by atoms with Crippen LogP contribution in [0.5, 0.6) is 5.75 Å². The molecule has 10 heteroatoms. The van der Waals surface area contributed by atoms with E-state index in [0.29, 0.717) is 38.2 Å². The molecule has 2 aliphatic rings. The van der Waals surface area contributed by atoms with Crippen molar-refractivity contribution in [1.82, 2.24) is 9.88 Å². The number of nitrogens with zero attached hydrogens (tertiary/aromatic N) is 3. The van der Waals surface area contributed by atoms with Crippen LogP contribution >= 0.6 is 24.8 Å². The van der Waals surface area contributed by atoms with Gasteiger partial charge in [-0.15, -0.1) is 24.8 Å². The van der Waals surface area contributed by atoms with Gasteiger partial charge < -0.3 is 25.4 Å². The van der Waals surface area contributed by atoms with Gasteiger partial charge in [0.2, 0.25) is 0 Å². The normalized spacial score (nSPS) is 16.6. The molecule has 0 radical (unpaired) electrons. The van der Waals surface area contributed by atoms with Gasteiger partial charge in [-0.1, -0.05) is 6.07 Å². The van der Waals surface area contributed by atoms with Gasteiger partial charge in [-0.2, -0.15) is 0 Å². The van der Waals surface area contributed by atoms with Crippen LogP contribution in [0.2, 0.25) is 0 Å². The number of aryl methyl sites for hydroxylation is 1. The Labute approximate surface area is 206 Å². The molecular formula is C23H31Cl2N5O3. The summed E-state index contributed by atoms with van der Waals surface area (Å²) in [5.74, 6) is -0.0753. The van der Waals surface area contributed by atoms with E-state index >= 15 is 0 Å². The van der Waals surface area contributed by atoms with Crippen LogP contribution in [0.3, 0.4) is 0 Å². The standard InChI is InChI=1S/C23H29N5O3.2ClH/c1-16-12-19(4-8-26-16)27-10-6-23(7-11-27,21(29)30)15-31-20-3-2-17-5-9-28(22(24)25)14-18(17)13-20;;/h2-4,8,12-13H,5-7,9-11,14-15H2,1H3,(H3,24,25)(H,29,30);2*1H. The summed E-state index contributed by atoms with van der Waals surface area (Å²) in [5, 5.41) is 17.7. The Morgan fingerprint density at radius 3 is 2.55 bits per heavy atom. The molecule has 8 nitrogen and oxygen atoms in total. The number of carbonyl (C=O) groups is 1. The monoisotopic (exact) mass is 495 g/mol. The minimum Gasteiger partial charge on any atom is -0.492 e. The van der Waals surface area contributed by atoms with Gasteiger partial charge in [0.25, 0.3) is 0 Å². The number of nitrogens with one attached hydrogen (secondary N) is 1. The van der Waals surface area contributed by atoms with E-state index in [-0.39, 0.29) is 37.4 Å². The van der Waals surface area contributed by atoms with E-state index < -0.39 is 11.4 Å². The molecule has 4 N–H and O–H groups in total. The number of carboxylic acid groups (broad SMARTS) is 1. The van der Waals surface area contributed by atoms with Crippen molar-refractivity contribution in [2.75, 3.05) is 31.1 Å². The summed E-state index contributed by atoms with van der Waals surface area (Å²) >= 11 is 0. The number of hydrogen-bond acceptors (Lipinski definition) is 5. The lowest BCUT2D eigenvalue weighted by Gasteiger charge is -2.39. The molecule has 3 heterocycles. The number of hydrogen-bond donors (Lipinski definition) is 3. The first-order chi connectivity index (χ1) is 14.9. The Bertz CT molecular complexity index is 996. The molecule has 1 aromatic heterocycles. The van der Waals surface area contributed by atoms with Crippen LogP contribution in [-0.2, 0) is 17.8 Å². The number of aromatic nitrogens is 1. The van der Waals surface area contributed by atoms with Gasteiger partial charge in [0, 0.05) is 43.8 Å². The summed E-state index contributed by atoms with van der Waals surface area (Å²) in [7, 11) is 0. The van der Waals surface area contributed by atoms with Crippen molar-refractivity contribution >= 4 is 42.4 Å². The summed E-state index contributed by atoms with van der Waals surface area (Å²) < 4.78 is 6.02. The van der Waals surface area contributed by atoms with Crippen LogP contribution in [0.25, 0.3) is 0 Å². The van der Waals surface area contributed by atoms with Crippen molar-refractivity contribution in [2.45, 2.75) is 32.7 Å². The van der Waals surface area contributed by atoms with E-state index in [1.807, 2.05) is 42.2 Å². The number of ether oxygens (including phenoxy) is 1. The third-order valence-corrected chi connectivity index (χ3v) is 6.47. The molecule has 0 bridgehead atoms. The molecule has 1 saturated heterocycles. The summed E-state index contributed by atoms with van der Waals surface area (Å²) in [4.78, 5) is 20.5. The zero-order chi connectivity index (χ0) is 22.0. The predicted octanol–water partition coefficient (Wildman–Crippen LogP) is 3.24. The molecule has 1 fully saturated rings. The topological polar surface area (TPSA) is 116 Å². The van der Waals surface area contributed by atoms with Gasteiger partial charge in [-0.25, -0.2) is 0 Å². The number of rotatable bonds is 5. The van der Waals surface area contributed by atoms with Crippen molar-refractivity contribution in [2.24, 2.45) is 11.1 Å². The number of nitrogens with two attached hydrogens (primary N) is 1. The Kier molecular flexibility index (Phi) is 8.80. The zero-order valence-corrected chi connectivity index (χ0v) is 20.3. The molecule has 0 amide bonds. The highest BCUT2D eigenvalue weighted by atomic mass is 35.5. The third-order valence-electron chi connectivity index (χ3n) is 6.47. The van der Waals surface area contributed by atoms with E-state index in [9.17, 15) is 9.90 Å². The fraction of sp³-hybridized carbons (Fsp3) is 0.435. The van der Waals surface area contributed by atoms with E-state index in [0.717, 1.165) is 29.9 Å². The smallest absolute Gasteiger partial charge is 0.313 e. The van der Waals surface area contributed by atoms with Crippen LogP contribution < -0.4 is 15.4 Å². The lowest BCUT2D eigenvalue weighted by Crippen LogP contribution is -2.47. The first kappa shape index (κ1) is 26.5. The van der Waals surface area contributed by atoms with Crippen molar-refractivity contribution in [3.05, 3.63) is 53.3 Å². The molecule has 0 saturated carbocycles. The molecule has 1 aromatic carbocycles. The maximum absolute atomic E-state index is 12.2. The maximum Gasteiger partial charge on any atom is 0.313 e.